The van der Waals surface area contributed by atoms with Gasteiger partial charge in [0.05, 0.1) is 26.9 Å². The van der Waals surface area contributed by atoms with Gasteiger partial charge in [-0.05, 0) is 31.5 Å². The van der Waals surface area contributed by atoms with Crippen LogP contribution in [0.4, 0.5) is 0 Å². The van der Waals surface area contributed by atoms with Crippen molar-refractivity contribution < 1.29 is 14.2 Å². The van der Waals surface area contributed by atoms with Crippen molar-refractivity contribution in [2.75, 3.05) is 47.5 Å². The normalized spacial score (nSPS) is 23.4. The summed E-state index contributed by atoms with van der Waals surface area (Å²) in [7, 11) is 5.09. The summed E-state index contributed by atoms with van der Waals surface area (Å²) in [6.45, 7) is 4.42. The highest BCUT2D eigenvalue weighted by Gasteiger charge is 2.32. The van der Waals surface area contributed by atoms with Crippen LogP contribution in [0.2, 0.25) is 0 Å². The Morgan fingerprint density at radius 2 is 2.19 bits per heavy atom. The minimum absolute atomic E-state index is 0.207. The number of guanidine groups is 1. The van der Waals surface area contributed by atoms with E-state index in [4.69, 9.17) is 14.2 Å². The molecule has 1 aromatic carbocycles. The molecule has 2 atom stereocenters. The Bertz CT molecular complexity index is 623. The zero-order valence-corrected chi connectivity index (χ0v) is 16.0. The predicted molar refractivity (Wildman–Crippen MR) is 102 cm³/mol. The zero-order chi connectivity index (χ0) is 18.4. The highest BCUT2D eigenvalue weighted by atomic mass is 16.5. The van der Waals surface area contributed by atoms with Crippen LogP contribution in [0, 0.1) is 0 Å². The molecule has 0 amide bonds. The van der Waals surface area contributed by atoms with Gasteiger partial charge in [-0.1, -0.05) is 0 Å². The molecule has 0 aliphatic carbocycles. The molecule has 0 bridgehead atoms. The maximum absolute atomic E-state index is 5.99. The molecule has 1 aromatic rings. The number of benzene rings is 1. The highest BCUT2D eigenvalue weighted by Crippen LogP contribution is 2.24. The number of ether oxygens (including phenoxy) is 3. The number of hydrogen-bond acceptors (Lipinski definition) is 5. The van der Waals surface area contributed by atoms with Crippen LogP contribution in [-0.4, -0.2) is 70.5 Å². The molecule has 0 saturated carbocycles. The third-order valence-corrected chi connectivity index (χ3v) is 5.12. The van der Waals surface area contributed by atoms with E-state index in [0.29, 0.717) is 12.6 Å². The first-order chi connectivity index (χ1) is 12.7. The molecule has 2 unspecified atom stereocenters. The molecule has 2 heterocycles. The van der Waals surface area contributed by atoms with Gasteiger partial charge in [0, 0.05) is 44.4 Å². The molecule has 0 aromatic heterocycles. The number of aliphatic imine (C=N–C) groups is 1. The first kappa shape index (κ1) is 18.8. The number of nitrogens with one attached hydrogen (secondary N) is 2. The van der Waals surface area contributed by atoms with Gasteiger partial charge in [0.2, 0.25) is 0 Å². The number of rotatable bonds is 6. The molecule has 0 radical (unpaired) electrons. The Morgan fingerprint density at radius 3 is 2.96 bits per heavy atom. The second kappa shape index (κ2) is 9.09. The van der Waals surface area contributed by atoms with Crippen molar-refractivity contribution in [3.05, 3.63) is 23.8 Å². The van der Waals surface area contributed by atoms with Crippen LogP contribution in [0.3, 0.4) is 0 Å². The standard InChI is InChI=1S/C19H30N4O3/c1-20-19(21-10-14-6-7-16(24-2)9-18(14)25-3)22-11-17-12-23-8-4-5-15(23)13-26-17/h6-7,9,15,17H,4-5,8,10-13H2,1-3H3,(H2,20,21,22). The average molecular weight is 362 g/mol. The Labute approximate surface area is 155 Å². The molecule has 26 heavy (non-hydrogen) atoms. The van der Waals surface area contributed by atoms with Gasteiger partial charge < -0.3 is 24.8 Å². The number of nitrogens with zero attached hydrogens (tertiary/aromatic N) is 2. The van der Waals surface area contributed by atoms with E-state index in [2.05, 4.69) is 20.5 Å². The second-order valence-electron chi connectivity index (χ2n) is 6.73. The monoisotopic (exact) mass is 362 g/mol. The van der Waals surface area contributed by atoms with Crippen molar-refractivity contribution in [2.24, 2.45) is 4.99 Å². The van der Waals surface area contributed by atoms with E-state index in [0.717, 1.165) is 42.7 Å². The molecular formula is C19H30N4O3. The molecular weight excluding hydrogens is 332 g/mol. The fourth-order valence-corrected chi connectivity index (χ4v) is 3.62. The van der Waals surface area contributed by atoms with E-state index < -0.39 is 0 Å². The van der Waals surface area contributed by atoms with Crippen LogP contribution in [0.15, 0.2) is 23.2 Å². The van der Waals surface area contributed by atoms with Gasteiger partial charge >= 0.3 is 0 Å². The first-order valence-corrected chi connectivity index (χ1v) is 9.24. The van der Waals surface area contributed by atoms with Crippen LogP contribution in [-0.2, 0) is 11.3 Å². The van der Waals surface area contributed by atoms with Gasteiger partial charge in [0.1, 0.15) is 11.5 Å². The maximum Gasteiger partial charge on any atom is 0.191 e. The first-order valence-electron chi connectivity index (χ1n) is 9.24. The van der Waals surface area contributed by atoms with E-state index in [1.807, 2.05) is 18.2 Å². The minimum atomic E-state index is 0.207. The van der Waals surface area contributed by atoms with Crippen LogP contribution >= 0.6 is 0 Å². The summed E-state index contributed by atoms with van der Waals surface area (Å²) in [6, 6.07) is 6.44. The van der Waals surface area contributed by atoms with Gasteiger partial charge in [-0.2, -0.15) is 0 Å². The van der Waals surface area contributed by atoms with Crippen molar-refractivity contribution in [3.8, 4) is 11.5 Å². The van der Waals surface area contributed by atoms with Crippen molar-refractivity contribution in [2.45, 2.75) is 31.5 Å². The summed E-state index contributed by atoms with van der Waals surface area (Å²) >= 11 is 0. The molecule has 144 valence electrons. The van der Waals surface area contributed by atoms with Crippen LogP contribution in [0.1, 0.15) is 18.4 Å². The molecule has 3 rings (SSSR count). The quantitative estimate of drug-likeness (QED) is 0.586. The van der Waals surface area contributed by atoms with Gasteiger partial charge in [0.15, 0.2) is 5.96 Å². The molecule has 0 spiro atoms. The molecule has 7 heteroatoms. The SMILES string of the molecule is CN=C(NCc1ccc(OC)cc1OC)NCC1CN2CCCC2CO1. The fraction of sp³-hybridized carbons (Fsp3) is 0.632. The van der Waals surface area contributed by atoms with E-state index in [9.17, 15) is 0 Å². The molecule has 2 aliphatic heterocycles. The lowest BCUT2D eigenvalue weighted by molar-refractivity contribution is -0.0453. The van der Waals surface area contributed by atoms with Crippen molar-refractivity contribution in [3.63, 3.8) is 0 Å². The van der Waals surface area contributed by atoms with Gasteiger partial charge in [-0.25, -0.2) is 0 Å². The van der Waals surface area contributed by atoms with E-state index in [1.165, 1.54) is 19.4 Å². The predicted octanol–water partition coefficient (Wildman–Crippen LogP) is 1.23. The Morgan fingerprint density at radius 1 is 1.31 bits per heavy atom. The molecule has 2 saturated heterocycles. The number of fused-ring (bicyclic) bond motifs is 1. The third-order valence-electron chi connectivity index (χ3n) is 5.12. The van der Waals surface area contributed by atoms with Crippen molar-refractivity contribution in [1.82, 2.24) is 15.5 Å². The molecule has 7 nitrogen and oxygen atoms in total. The Balaban J connectivity index is 1.48. The Hall–Kier alpha value is -1.99. The summed E-state index contributed by atoms with van der Waals surface area (Å²) in [5.41, 5.74) is 1.05. The van der Waals surface area contributed by atoms with Crippen LogP contribution in [0.25, 0.3) is 0 Å². The molecule has 2 aliphatic rings. The summed E-state index contributed by atoms with van der Waals surface area (Å²) in [5.74, 6) is 2.33. The van der Waals surface area contributed by atoms with Gasteiger partial charge in [-0.3, -0.25) is 9.89 Å². The lowest BCUT2D eigenvalue weighted by Gasteiger charge is -2.35. The summed E-state index contributed by atoms with van der Waals surface area (Å²) in [6.07, 6.45) is 2.77. The van der Waals surface area contributed by atoms with Crippen LogP contribution in [0.5, 0.6) is 11.5 Å². The highest BCUT2D eigenvalue weighted by molar-refractivity contribution is 5.79. The maximum atomic E-state index is 5.99. The largest absolute Gasteiger partial charge is 0.497 e. The fourth-order valence-electron chi connectivity index (χ4n) is 3.62. The van der Waals surface area contributed by atoms with Crippen molar-refractivity contribution in [1.29, 1.82) is 0 Å². The third kappa shape index (κ3) is 4.59. The average Bonchev–Trinajstić information content (AvgIpc) is 3.15. The lowest BCUT2D eigenvalue weighted by Crippen LogP contribution is -2.51. The second-order valence-corrected chi connectivity index (χ2v) is 6.73. The summed E-state index contributed by atoms with van der Waals surface area (Å²) < 4.78 is 16.7. The molecule has 2 fully saturated rings. The number of methoxy groups -OCH3 is 2. The van der Waals surface area contributed by atoms with E-state index in [-0.39, 0.29) is 6.10 Å². The van der Waals surface area contributed by atoms with Gasteiger partial charge in [0.25, 0.3) is 0 Å². The number of morpholine rings is 1. The zero-order valence-electron chi connectivity index (χ0n) is 16.0. The molecule has 2 N–H and O–H groups in total. The van der Waals surface area contributed by atoms with E-state index >= 15 is 0 Å². The topological polar surface area (TPSA) is 67.4 Å². The lowest BCUT2D eigenvalue weighted by atomic mass is 10.2. The Kier molecular flexibility index (Phi) is 6.57. The minimum Gasteiger partial charge on any atom is -0.497 e. The summed E-state index contributed by atoms with van der Waals surface area (Å²) in [5, 5.41) is 6.70. The summed E-state index contributed by atoms with van der Waals surface area (Å²) in [4.78, 5) is 6.85. The smallest absolute Gasteiger partial charge is 0.191 e. The number of hydrogen-bond donors (Lipinski definition) is 2. The van der Waals surface area contributed by atoms with Gasteiger partial charge in [-0.15, -0.1) is 0 Å². The van der Waals surface area contributed by atoms with E-state index in [1.54, 1.807) is 21.3 Å². The van der Waals surface area contributed by atoms with Crippen LogP contribution < -0.4 is 20.1 Å². The van der Waals surface area contributed by atoms with Crippen molar-refractivity contribution >= 4 is 5.96 Å².